The van der Waals surface area contributed by atoms with Crippen molar-refractivity contribution < 1.29 is 32.2 Å². The molecule has 0 saturated heterocycles. The molecule has 11 heteroatoms. The lowest BCUT2D eigenvalue weighted by Crippen LogP contribution is -2.45. The van der Waals surface area contributed by atoms with Crippen molar-refractivity contribution in [2.24, 2.45) is 5.92 Å². The van der Waals surface area contributed by atoms with E-state index in [4.69, 9.17) is 25.8 Å². The molecule has 178 valence electrons. The monoisotopic (exact) mass is 496 g/mol. The quantitative estimate of drug-likeness (QED) is 0.539. The first-order valence-electron chi connectivity index (χ1n) is 10.2. The van der Waals surface area contributed by atoms with Gasteiger partial charge in [0, 0.05) is 16.8 Å². The smallest absolute Gasteiger partial charge is 0.324 e. The molecule has 0 aliphatic carbocycles. The maximum absolute atomic E-state index is 12.9. The topological polar surface area (TPSA) is 120 Å². The maximum atomic E-state index is 12.9. The number of carbonyl (C=O) groups excluding carboxylic acids is 2. The number of aryl methyl sites for hydroxylation is 1. The van der Waals surface area contributed by atoms with E-state index in [2.05, 4.69) is 10.0 Å². The van der Waals surface area contributed by atoms with Crippen LogP contribution in [0.25, 0.3) is 0 Å². The molecule has 0 bridgehead atoms. The minimum atomic E-state index is -4.08. The Morgan fingerprint density at radius 1 is 1.09 bits per heavy atom. The minimum Gasteiger partial charge on any atom is -0.486 e. The van der Waals surface area contributed by atoms with Crippen LogP contribution in [0.1, 0.15) is 19.4 Å². The van der Waals surface area contributed by atoms with Gasteiger partial charge in [-0.25, -0.2) is 8.42 Å². The van der Waals surface area contributed by atoms with E-state index in [-0.39, 0.29) is 4.90 Å². The first-order valence-corrected chi connectivity index (χ1v) is 12.1. The highest BCUT2D eigenvalue weighted by Gasteiger charge is 2.31. The average Bonchev–Trinajstić information content (AvgIpc) is 2.77. The first kappa shape index (κ1) is 24.8. The lowest BCUT2D eigenvalue weighted by Gasteiger charge is -2.22. The second-order valence-corrected chi connectivity index (χ2v) is 9.91. The van der Waals surface area contributed by atoms with Gasteiger partial charge in [-0.05, 0) is 48.7 Å². The van der Waals surface area contributed by atoms with Gasteiger partial charge in [0.1, 0.15) is 19.3 Å². The molecule has 1 amide bonds. The second-order valence-electron chi connectivity index (χ2n) is 7.76. The molecule has 1 heterocycles. The summed E-state index contributed by atoms with van der Waals surface area (Å²) in [6.07, 6.45) is 0. The molecule has 0 fully saturated rings. The van der Waals surface area contributed by atoms with E-state index in [1.165, 1.54) is 18.2 Å². The van der Waals surface area contributed by atoms with Crippen molar-refractivity contribution in [2.45, 2.75) is 31.7 Å². The van der Waals surface area contributed by atoms with Gasteiger partial charge in [-0.3, -0.25) is 9.59 Å². The van der Waals surface area contributed by atoms with Crippen LogP contribution in [0.3, 0.4) is 0 Å². The predicted molar refractivity (Wildman–Crippen MR) is 122 cm³/mol. The minimum absolute atomic E-state index is 0.0823. The fourth-order valence-corrected chi connectivity index (χ4v) is 4.64. The summed E-state index contributed by atoms with van der Waals surface area (Å²) in [4.78, 5) is 24.7. The molecule has 2 aromatic carbocycles. The number of hydrogen-bond acceptors (Lipinski definition) is 7. The molecular formula is C22H25ClN2O7S. The van der Waals surface area contributed by atoms with E-state index in [1.807, 2.05) is 0 Å². The maximum Gasteiger partial charge on any atom is 0.324 e. The number of benzene rings is 2. The molecular weight excluding hydrogens is 472 g/mol. The number of nitrogens with one attached hydrogen (secondary N) is 2. The van der Waals surface area contributed by atoms with Crippen LogP contribution in [0, 0.1) is 12.8 Å². The molecule has 0 saturated carbocycles. The third-order valence-electron chi connectivity index (χ3n) is 4.83. The van der Waals surface area contributed by atoms with Crippen molar-refractivity contribution >= 4 is 39.2 Å². The Bertz CT molecular complexity index is 1150. The van der Waals surface area contributed by atoms with Crippen LogP contribution in [0.15, 0.2) is 41.3 Å². The standard InChI is InChI=1S/C22H25ClN2O7S/c1-13(2)21(22(27)32-12-20(26)24-17-6-4-15(23)10-14(17)3)25-33(28,29)16-5-7-18-19(11-16)31-9-8-30-18/h4-7,10-11,13,21,25H,8-9,12H2,1-3H3,(H,24,26)/t21-/m1/s1. The molecule has 1 aliphatic rings. The van der Waals surface area contributed by atoms with Crippen molar-refractivity contribution in [1.82, 2.24) is 4.72 Å². The van der Waals surface area contributed by atoms with E-state index in [0.29, 0.717) is 35.4 Å². The number of amides is 1. The summed E-state index contributed by atoms with van der Waals surface area (Å²) in [7, 11) is -4.08. The molecule has 33 heavy (non-hydrogen) atoms. The molecule has 2 N–H and O–H groups in total. The fraction of sp³-hybridized carbons (Fsp3) is 0.364. The SMILES string of the molecule is Cc1cc(Cl)ccc1NC(=O)COC(=O)[C@H](NS(=O)(=O)c1ccc2c(c1)OCCO2)C(C)C. The Morgan fingerprint density at radius 3 is 2.45 bits per heavy atom. The van der Waals surface area contributed by atoms with Gasteiger partial charge in [0.15, 0.2) is 18.1 Å². The van der Waals surface area contributed by atoms with Crippen LogP contribution in [-0.4, -0.2) is 46.2 Å². The number of hydrogen-bond donors (Lipinski definition) is 2. The summed E-state index contributed by atoms with van der Waals surface area (Å²) in [5.41, 5.74) is 1.27. The van der Waals surface area contributed by atoms with Crippen LogP contribution in [0.4, 0.5) is 5.69 Å². The second kappa shape index (κ2) is 10.4. The highest BCUT2D eigenvalue weighted by molar-refractivity contribution is 7.89. The summed E-state index contributed by atoms with van der Waals surface area (Å²) in [5.74, 6) is -1.12. The van der Waals surface area contributed by atoms with Crippen LogP contribution in [0.5, 0.6) is 11.5 Å². The molecule has 0 unspecified atom stereocenters. The molecule has 3 rings (SSSR count). The summed E-state index contributed by atoms with van der Waals surface area (Å²) in [6.45, 7) is 5.21. The van der Waals surface area contributed by atoms with Crippen LogP contribution >= 0.6 is 11.6 Å². The van der Waals surface area contributed by atoms with Gasteiger partial charge in [-0.15, -0.1) is 0 Å². The fourth-order valence-electron chi connectivity index (χ4n) is 3.06. The highest BCUT2D eigenvalue weighted by Crippen LogP contribution is 2.32. The van der Waals surface area contributed by atoms with Crippen LogP contribution < -0.4 is 19.5 Å². The van der Waals surface area contributed by atoms with Gasteiger partial charge in [-0.1, -0.05) is 25.4 Å². The molecule has 9 nitrogen and oxygen atoms in total. The Morgan fingerprint density at radius 2 is 1.79 bits per heavy atom. The highest BCUT2D eigenvalue weighted by atomic mass is 35.5. The van der Waals surface area contributed by atoms with E-state index in [9.17, 15) is 18.0 Å². The van der Waals surface area contributed by atoms with E-state index < -0.39 is 40.5 Å². The number of esters is 1. The van der Waals surface area contributed by atoms with Crippen molar-refractivity contribution in [3.63, 3.8) is 0 Å². The van der Waals surface area contributed by atoms with Gasteiger partial charge in [0.25, 0.3) is 5.91 Å². The van der Waals surface area contributed by atoms with Gasteiger partial charge in [-0.2, -0.15) is 4.72 Å². The zero-order valence-electron chi connectivity index (χ0n) is 18.4. The van der Waals surface area contributed by atoms with E-state index >= 15 is 0 Å². The van der Waals surface area contributed by atoms with Crippen molar-refractivity contribution in [1.29, 1.82) is 0 Å². The number of halogens is 1. The molecule has 0 aromatic heterocycles. The van der Waals surface area contributed by atoms with Gasteiger partial charge >= 0.3 is 5.97 Å². The van der Waals surface area contributed by atoms with Crippen LogP contribution in [0.2, 0.25) is 5.02 Å². The Balaban J connectivity index is 1.64. The lowest BCUT2D eigenvalue weighted by atomic mass is 10.1. The number of rotatable bonds is 8. The van der Waals surface area contributed by atoms with Gasteiger partial charge < -0.3 is 19.5 Å². The Labute approximate surface area is 197 Å². The van der Waals surface area contributed by atoms with Gasteiger partial charge in [0.05, 0.1) is 4.90 Å². The lowest BCUT2D eigenvalue weighted by molar-refractivity contribution is -0.150. The first-order chi connectivity index (χ1) is 15.6. The number of carbonyl (C=O) groups is 2. The predicted octanol–water partition coefficient (Wildman–Crippen LogP) is 2.90. The Kier molecular flexibility index (Phi) is 7.83. The summed E-state index contributed by atoms with van der Waals surface area (Å²) < 4.78 is 44.0. The number of ether oxygens (including phenoxy) is 3. The number of anilines is 1. The molecule has 1 atom stereocenters. The number of fused-ring (bicyclic) bond motifs is 1. The van der Waals surface area contributed by atoms with Gasteiger partial charge in [0.2, 0.25) is 10.0 Å². The van der Waals surface area contributed by atoms with Crippen molar-refractivity contribution in [3.05, 3.63) is 47.0 Å². The van der Waals surface area contributed by atoms with Crippen molar-refractivity contribution in [2.75, 3.05) is 25.1 Å². The summed E-state index contributed by atoms with van der Waals surface area (Å²) in [6, 6.07) is 7.93. The molecule has 1 aliphatic heterocycles. The van der Waals surface area contributed by atoms with E-state index in [0.717, 1.165) is 5.56 Å². The molecule has 0 spiro atoms. The third-order valence-corrected chi connectivity index (χ3v) is 6.51. The Hall–Kier alpha value is -2.82. The molecule has 0 radical (unpaired) electrons. The van der Waals surface area contributed by atoms with Crippen LogP contribution in [-0.2, 0) is 24.3 Å². The van der Waals surface area contributed by atoms with E-state index in [1.54, 1.807) is 39.0 Å². The molecule has 2 aromatic rings. The van der Waals surface area contributed by atoms with Crippen molar-refractivity contribution in [3.8, 4) is 11.5 Å². The normalized spacial score (nSPS) is 14.0. The zero-order valence-corrected chi connectivity index (χ0v) is 20.0. The zero-order chi connectivity index (χ0) is 24.2. The summed E-state index contributed by atoms with van der Waals surface area (Å²) in [5, 5.41) is 3.15. The largest absolute Gasteiger partial charge is 0.486 e. The average molecular weight is 497 g/mol. The number of sulfonamides is 1. The summed E-state index contributed by atoms with van der Waals surface area (Å²) >= 11 is 5.90. The third kappa shape index (κ3) is 6.37.